The number of phenolic OH excluding ortho intramolecular Hbond substituents is 1. The normalized spacial score (nSPS) is 11.5. The Morgan fingerprint density at radius 1 is 1.24 bits per heavy atom. The topological polar surface area (TPSA) is 38.0 Å². The van der Waals surface area contributed by atoms with Crippen LogP contribution in [0.25, 0.3) is 22.4 Å². The third kappa shape index (κ3) is 2.51. The minimum absolute atomic E-state index is 0.183. The van der Waals surface area contributed by atoms with Gasteiger partial charge in [0, 0.05) is 9.61 Å². The van der Waals surface area contributed by atoms with E-state index in [1.165, 1.54) is 0 Å². The molecule has 0 aliphatic rings. The Hall–Kier alpha value is -1.27. The van der Waals surface area contributed by atoms with Crippen LogP contribution in [-0.4, -0.2) is 14.7 Å². The van der Waals surface area contributed by atoms with E-state index in [-0.39, 0.29) is 11.8 Å². The predicted octanol–water partition coefficient (Wildman–Crippen LogP) is 5.25. The van der Waals surface area contributed by atoms with Crippen molar-refractivity contribution in [1.82, 2.24) is 9.55 Å². The molecule has 3 rings (SSSR count). The first-order chi connectivity index (χ1) is 9.99. The van der Waals surface area contributed by atoms with Crippen LogP contribution in [0.15, 0.2) is 36.4 Å². The van der Waals surface area contributed by atoms with E-state index in [2.05, 4.69) is 46.0 Å². The van der Waals surface area contributed by atoms with Crippen molar-refractivity contribution < 1.29 is 5.11 Å². The first-order valence-electron chi connectivity index (χ1n) is 6.64. The number of aromatic hydroxyl groups is 1. The first-order valence-corrected chi connectivity index (χ1v) is 8.10. The highest BCUT2D eigenvalue weighted by atomic mass is 127. The number of hydrogen-bond donors (Lipinski definition) is 1. The van der Waals surface area contributed by atoms with E-state index in [4.69, 9.17) is 11.6 Å². The Labute approximate surface area is 141 Å². The number of rotatable bonds is 2. The molecule has 1 N–H and O–H groups in total. The van der Waals surface area contributed by atoms with E-state index in [9.17, 15) is 5.11 Å². The fourth-order valence-corrected chi connectivity index (χ4v) is 3.24. The number of imidazole rings is 1. The zero-order chi connectivity index (χ0) is 15.1. The molecule has 0 unspecified atom stereocenters. The predicted molar refractivity (Wildman–Crippen MR) is 94.9 cm³/mol. The molecule has 3 aromatic rings. The molecule has 0 saturated carbocycles. The summed E-state index contributed by atoms with van der Waals surface area (Å²) in [6.07, 6.45) is 0. The van der Waals surface area contributed by atoms with Crippen LogP contribution in [0.1, 0.15) is 19.9 Å². The fourth-order valence-electron chi connectivity index (χ4n) is 2.49. The molecule has 1 heterocycles. The van der Waals surface area contributed by atoms with Crippen molar-refractivity contribution in [3.63, 3.8) is 0 Å². The van der Waals surface area contributed by atoms with Gasteiger partial charge in [-0.05, 0) is 66.8 Å². The van der Waals surface area contributed by atoms with Gasteiger partial charge in [0.15, 0.2) is 0 Å². The molecule has 5 heteroatoms. The molecular weight excluding hydrogens is 399 g/mol. The molecule has 0 amide bonds. The molecular formula is C16H14ClIN2O. The van der Waals surface area contributed by atoms with Gasteiger partial charge in [-0.25, -0.2) is 4.98 Å². The molecule has 0 aliphatic carbocycles. The van der Waals surface area contributed by atoms with Gasteiger partial charge in [-0.15, -0.1) is 0 Å². The standard InChI is InChI=1S/C16H14ClIN2O/c1-9(2)20-15-12(17)4-3-5-13(15)19-16(20)11-8-10(18)6-7-14(11)21/h3-9,21H,1-2H3. The van der Waals surface area contributed by atoms with Crippen LogP contribution in [0.3, 0.4) is 0 Å². The zero-order valence-electron chi connectivity index (χ0n) is 11.6. The van der Waals surface area contributed by atoms with Gasteiger partial charge in [0.25, 0.3) is 0 Å². The van der Waals surface area contributed by atoms with Gasteiger partial charge >= 0.3 is 0 Å². The van der Waals surface area contributed by atoms with Crippen LogP contribution in [0, 0.1) is 3.57 Å². The van der Waals surface area contributed by atoms with Crippen molar-refractivity contribution in [2.45, 2.75) is 19.9 Å². The van der Waals surface area contributed by atoms with E-state index >= 15 is 0 Å². The lowest BCUT2D eigenvalue weighted by molar-refractivity contribution is 0.476. The average Bonchev–Trinajstić information content (AvgIpc) is 2.82. The Bertz CT molecular complexity index is 827. The number of aromatic nitrogens is 2. The number of para-hydroxylation sites is 1. The summed E-state index contributed by atoms with van der Waals surface area (Å²) >= 11 is 8.58. The Morgan fingerprint density at radius 2 is 2.00 bits per heavy atom. The summed E-state index contributed by atoms with van der Waals surface area (Å²) in [6, 6.07) is 11.4. The average molecular weight is 413 g/mol. The minimum Gasteiger partial charge on any atom is -0.507 e. The maximum atomic E-state index is 10.2. The van der Waals surface area contributed by atoms with Gasteiger partial charge in [0.05, 0.1) is 21.6 Å². The third-order valence-electron chi connectivity index (χ3n) is 3.38. The lowest BCUT2D eigenvalue weighted by Crippen LogP contribution is -2.03. The van der Waals surface area contributed by atoms with Crippen LogP contribution in [-0.2, 0) is 0 Å². The smallest absolute Gasteiger partial charge is 0.145 e. The summed E-state index contributed by atoms with van der Waals surface area (Å²) in [7, 11) is 0. The largest absolute Gasteiger partial charge is 0.507 e. The molecule has 108 valence electrons. The third-order valence-corrected chi connectivity index (χ3v) is 4.35. The summed E-state index contributed by atoms with van der Waals surface area (Å²) in [4.78, 5) is 4.68. The number of benzene rings is 2. The van der Waals surface area contributed by atoms with Gasteiger partial charge in [-0.3, -0.25) is 0 Å². The Balaban J connectivity index is 2.40. The van der Waals surface area contributed by atoms with Crippen LogP contribution in [0.4, 0.5) is 0 Å². The zero-order valence-corrected chi connectivity index (χ0v) is 14.6. The molecule has 0 fully saturated rings. The maximum Gasteiger partial charge on any atom is 0.145 e. The molecule has 0 aliphatic heterocycles. The maximum absolute atomic E-state index is 10.2. The second-order valence-electron chi connectivity index (χ2n) is 5.17. The monoisotopic (exact) mass is 412 g/mol. The van der Waals surface area contributed by atoms with Crippen molar-refractivity contribution in [2.75, 3.05) is 0 Å². The lowest BCUT2D eigenvalue weighted by Gasteiger charge is -2.14. The second kappa shape index (κ2) is 5.50. The van der Waals surface area contributed by atoms with Crippen molar-refractivity contribution in [2.24, 2.45) is 0 Å². The lowest BCUT2D eigenvalue weighted by atomic mass is 10.2. The summed E-state index contributed by atoms with van der Waals surface area (Å²) in [5.41, 5.74) is 2.47. The molecule has 1 aromatic heterocycles. The molecule has 0 saturated heterocycles. The highest BCUT2D eigenvalue weighted by molar-refractivity contribution is 14.1. The summed E-state index contributed by atoms with van der Waals surface area (Å²) in [5.74, 6) is 0.966. The Morgan fingerprint density at radius 3 is 2.71 bits per heavy atom. The van der Waals surface area contributed by atoms with Gasteiger partial charge in [-0.1, -0.05) is 17.7 Å². The van der Waals surface area contributed by atoms with E-state index in [1.807, 2.05) is 30.3 Å². The van der Waals surface area contributed by atoms with Gasteiger partial charge in [0.2, 0.25) is 0 Å². The molecule has 3 nitrogen and oxygen atoms in total. The highest BCUT2D eigenvalue weighted by Crippen LogP contribution is 2.36. The number of phenols is 1. The van der Waals surface area contributed by atoms with Gasteiger partial charge < -0.3 is 9.67 Å². The van der Waals surface area contributed by atoms with E-state index in [0.29, 0.717) is 5.02 Å². The van der Waals surface area contributed by atoms with Crippen molar-refractivity contribution in [3.8, 4) is 17.1 Å². The van der Waals surface area contributed by atoms with Crippen LogP contribution >= 0.6 is 34.2 Å². The number of hydrogen-bond acceptors (Lipinski definition) is 2. The van der Waals surface area contributed by atoms with E-state index < -0.39 is 0 Å². The van der Waals surface area contributed by atoms with Gasteiger partial charge in [0.1, 0.15) is 11.6 Å². The number of nitrogens with zero attached hydrogens (tertiary/aromatic N) is 2. The molecule has 21 heavy (non-hydrogen) atoms. The molecule has 2 aromatic carbocycles. The molecule has 0 bridgehead atoms. The minimum atomic E-state index is 0.183. The Kier molecular flexibility index (Phi) is 3.84. The van der Waals surface area contributed by atoms with E-state index in [1.54, 1.807) is 6.07 Å². The van der Waals surface area contributed by atoms with Crippen LogP contribution in [0.5, 0.6) is 5.75 Å². The van der Waals surface area contributed by atoms with Gasteiger partial charge in [-0.2, -0.15) is 0 Å². The fraction of sp³-hybridized carbons (Fsp3) is 0.188. The summed E-state index contributed by atoms with van der Waals surface area (Å²) in [5, 5.41) is 10.9. The molecule has 0 atom stereocenters. The molecule has 0 radical (unpaired) electrons. The van der Waals surface area contributed by atoms with Crippen molar-refractivity contribution in [1.29, 1.82) is 0 Å². The SMILES string of the molecule is CC(C)n1c(-c2cc(I)ccc2O)nc2cccc(Cl)c21. The number of halogens is 2. The highest BCUT2D eigenvalue weighted by Gasteiger charge is 2.19. The first kappa shape index (κ1) is 14.7. The van der Waals surface area contributed by atoms with Crippen LogP contribution in [0.2, 0.25) is 5.02 Å². The van der Waals surface area contributed by atoms with E-state index in [0.717, 1.165) is 26.0 Å². The van der Waals surface area contributed by atoms with Crippen molar-refractivity contribution in [3.05, 3.63) is 45.0 Å². The quantitative estimate of drug-likeness (QED) is 0.584. The summed E-state index contributed by atoms with van der Waals surface area (Å²) < 4.78 is 3.12. The molecule has 0 spiro atoms. The van der Waals surface area contributed by atoms with Crippen molar-refractivity contribution >= 4 is 45.2 Å². The second-order valence-corrected chi connectivity index (χ2v) is 6.82. The van der Waals surface area contributed by atoms with Crippen LogP contribution < -0.4 is 0 Å². The number of fused-ring (bicyclic) bond motifs is 1. The summed E-state index contributed by atoms with van der Waals surface area (Å²) in [6.45, 7) is 4.16.